The largest absolute Gasteiger partial charge is 0.395 e. The normalized spacial score (nSPS) is 27.1. The van der Waals surface area contributed by atoms with E-state index in [1.165, 1.54) is 44.2 Å². The molecule has 1 aromatic carbocycles. The third-order valence-electron chi connectivity index (χ3n) is 4.83. The molecule has 0 radical (unpaired) electrons. The number of benzene rings is 1. The monoisotopic (exact) mass is 245 g/mol. The third kappa shape index (κ3) is 2.32. The van der Waals surface area contributed by atoms with Gasteiger partial charge in [-0.3, -0.25) is 4.90 Å². The molecule has 2 nitrogen and oxygen atoms in total. The summed E-state index contributed by atoms with van der Waals surface area (Å²) in [5.74, 6) is 0. The van der Waals surface area contributed by atoms with E-state index >= 15 is 0 Å². The highest BCUT2D eigenvalue weighted by atomic mass is 16.3. The molecule has 2 heteroatoms. The number of aliphatic hydroxyl groups is 1. The van der Waals surface area contributed by atoms with E-state index in [1.807, 2.05) is 0 Å². The van der Waals surface area contributed by atoms with Gasteiger partial charge in [0.15, 0.2) is 0 Å². The molecule has 1 aliphatic carbocycles. The quantitative estimate of drug-likeness (QED) is 0.885. The minimum absolute atomic E-state index is 0.314. The molecule has 1 atom stereocenters. The Labute approximate surface area is 110 Å². The van der Waals surface area contributed by atoms with E-state index in [9.17, 15) is 5.11 Å². The van der Waals surface area contributed by atoms with Crippen LogP contribution in [0.1, 0.15) is 37.7 Å². The maximum absolute atomic E-state index is 9.62. The summed E-state index contributed by atoms with van der Waals surface area (Å²) in [5.41, 5.74) is 1.90. The van der Waals surface area contributed by atoms with Crippen LogP contribution in [0.25, 0.3) is 0 Å². The Hall–Kier alpha value is -0.860. The van der Waals surface area contributed by atoms with E-state index < -0.39 is 0 Å². The van der Waals surface area contributed by atoms with Crippen molar-refractivity contribution in [2.75, 3.05) is 13.2 Å². The Morgan fingerprint density at radius 2 is 1.89 bits per heavy atom. The standard InChI is InChI=1S/C16H23NO/c18-12-15-10-16(8-4-5-9-16)13-17(15)11-14-6-2-1-3-7-14/h1-3,6-7,15,18H,4-5,8-13H2/t15-/m0/s1. The number of rotatable bonds is 3. The predicted octanol–water partition coefficient (Wildman–Crippen LogP) is 2.81. The average molecular weight is 245 g/mol. The Morgan fingerprint density at radius 1 is 1.17 bits per heavy atom. The van der Waals surface area contributed by atoms with Gasteiger partial charge in [0.25, 0.3) is 0 Å². The van der Waals surface area contributed by atoms with Gasteiger partial charge >= 0.3 is 0 Å². The lowest BCUT2D eigenvalue weighted by atomic mass is 9.84. The van der Waals surface area contributed by atoms with Crippen molar-refractivity contribution in [2.24, 2.45) is 5.41 Å². The molecule has 0 unspecified atom stereocenters. The number of likely N-dealkylation sites (tertiary alicyclic amines) is 1. The Morgan fingerprint density at radius 3 is 2.56 bits per heavy atom. The molecule has 1 aliphatic heterocycles. The van der Waals surface area contributed by atoms with E-state index in [0.717, 1.165) is 6.54 Å². The van der Waals surface area contributed by atoms with Crippen LogP contribution in [0.4, 0.5) is 0 Å². The van der Waals surface area contributed by atoms with Gasteiger partial charge in [0.2, 0.25) is 0 Å². The molecule has 2 fully saturated rings. The van der Waals surface area contributed by atoms with Gasteiger partial charge in [0.05, 0.1) is 6.61 Å². The van der Waals surface area contributed by atoms with Crippen molar-refractivity contribution in [3.05, 3.63) is 35.9 Å². The molecular weight excluding hydrogens is 222 g/mol. The van der Waals surface area contributed by atoms with Crippen molar-refractivity contribution in [1.29, 1.82) is 0 Å². The minimum atomic E-state index is 0.314. The molecule has 1 aromatic rings. The van der Waals surface area contributed by atoms with Gasteiger partial charge in [-0.2, -0.15) is 0 Å². The summed E-state index contributed by atoms with van der Waals surface area (Å²) in [6.07, 6.45) is 6.72. The second-order valence-electron chi connectivity index (χ2n) is 6.14. The smallest absolute Gasteiger partial charge is 0.0587 e. The second kappa shape index (κ2) is 5.02. The van der Waals surface area contributed by atoms with Crippen LogP contribution in [0.2, 0.25) is 0 Å². The molecule has 0 amide bonds. The molecule has 1 spiro atoms. The lowest BCUT2D eigenvalue weighted by Gasteiger charge is -2.24. The summed E-state index contributed by atoms with van der Waals surface area (Å²) in [5, 5.41) is 9.62. The van der Waals surface area contributed by atoms with Crippen LogP contribution in [-0.4, -0.2) is 29.2 Å². The first-order chi connectivity index (χ1) is 8.81. The van der Waals surface area contributed by atoms with Gasteiger partial charge in [0, 0.05) is 19.1 Å². The molecule has 1 saturated heterocycles. The first-order valence-corrected chi connectivity index (χ1v) is 7.20. The fourth-order valence-corrected chi connectivity index (χ4v) is 3.92. The predicted molar refractivity (Wildman–Crippen MR) is 73.2 cm³/mol. The number of hydrogen-bond donors (Lipinski definition) is 1. The summed E-state index contributed by atoms with van der Waals surface area (Å²) in [6, 6.07) is 11.0. The highest BCUT2D eigenvalue weighted by Gasteiger charge is 2.44. The zero-order chi connectivity index (χ0) is 12.4. The molecule has 0 aromatic heterocycles. The molecule has 3 rings (SSSR count). The lowest BCUT2D eigenvalue weighted by Crippen LogP contribution is -2.32. The van der Waals surface area contributed by atoms with Gasteiger partial charge in [0.1, 0.15) is 0 Å². The molecule has 1 saturated carbocycles. The van der Waals surface area contributed by atoms with Crippen LogP contribution in [-0.2, 0) is 6.54 Å². The molecule has 98 valence electrons. The molecule has 0 bridgehead atoms. The van der Waals surface area contributed by atoms with E-state index in [-0.39, 0.29) is 0 Å². The lowest BCUT2D eigenvalue weighted by molar-refractivity contribution is 0.152. The van der Waals surface area contributed by atoms with Crippen LogP contribution >= 0.6 is 0 Å². The molecule has 18 heavy (non-hydrogen) atoms. The highest BCUT2D eigenvalue weighted by molar-refractivity contribution is 5.15. The molecule has 2 aliphatic rings. The summed E-state index contributed by atoms with van der Waals surface area (Å²) in [6.45, 7) is 2.50. The minimum Gasteiger partial charge on any atom is -0.395 e. The van der Waals surface area contributed by atoms with Crippen molar-refractivity contribution in [1.82, 2.24) is 4.90 Å². The second-order valence-corrected chi connectivity index (χ2v) is 6.14. The van der Waals surface area contributed by atoms with Crippen molar-refractivity contribution in [3.63, 3.8) is 0 Å². The summed E-state index contributed by atoms with van der Waals surface area (Å²) in [4.78, 5) is 2.50. The number of aliphatic hydroxyl groups excluding tert-OH is 1. The molecule has 1 heterocycles. The van der Waals surface area contributed by atoms with Gasteiger partial charge in [-0.15, -0.1) is 0 Å². The number of hydrogen-bond acceptors (Lipinski definition) is 2. The molecule has 1 N–H and O–H groups in total. The maximum Gasteiger partial charge on any atom is 0.0587 e. The summed E-state index contributed by atoms with van der Waals surface area (Å²) in [7, 11) is 0. The van der Waals surface area contributed by atoms with Crippen molar-refractivity contribution < 1.29 is 5.11 Å². The summed E-state index contributed by atoms with van der Waals surface area (Å²) < 4.78 is 0. The van der Waals surface area contributed by atoms with Gasteiger partial charge in [-0.1, -0.05) is 43.2 Å². The van der Waals surface area contributed by atoms with Crippen molar-refractivity contribution in [2.45, 2.75) is 44.7 Å². The van der Waals surface area contributed by atoms with Crippen LogP contribution in [0, 0.1) is 5.41 Å². The van der Waals surface area contributed by atoms with Crippen molar-refractivity contribution in [3.8, 4) is 0 Å². The van der Waals surface area contributed by atoms with Crippen LogP contribution in [0.15, 0.2) is 30.3 Å². The van der Waals surface area contributed by atoms with Crippen molar-refractivity contribution >= 4 is 0 Å². The first-order valence-electron chi connectivity index (χ1n) is 7.20. The number of nitrogens with zero attached hydrogens (tertiary/aromatic N) is 1. The van der Waals surface area contributed by atoms with Crippen LogP contribution in [0.3, 0.4) is 0 Å². The fourth-order valence-electron chi connectivity index (χ4n) is 3.92. The Bertz CT molecular complexity index is 383. The Kier molecular flexibility index (Phi) is 3.40. The van der Waals surface area contributed by atoms with E-state index in [1.54, 1.807) is 0 Å². The van der Waals surface area contributed by atoms with Crippen LogP contribution in [0.5, 0.6) is 0 Å². The topological polar surface area (TPSA) is 23.5 Å². The first kappa shape index (κ1) is 12.2. The maximum atomic E-state index is 9.62. The summed E-state index contributed by atoms with van der Waals surface area (Å²) >= 11 is 0. The fraction of sp³-hybridized carbons (Fsp3) is 0.625. The van der Waals surface area contributed by atoms with E-state index in [4.69, 9.17) is 0 Å². The van der Waals surface area contributed by atoms with Crippen LogP contribution < -0.4 is 0 Å². The average Bonchev–Trinajstić information content (AvgIpc) is 2.99. The zero-order valence-electron chi connectivity index (χ0n) is 11.0. The third-order valence-corrected chi connectivity index (χ3v) is 4.83. The SMILES string of the molecule is OC[C@@H]1CC2(CCCC2)CN1Cc1ccccc1. The van der Waals surface area contributed by atoms with E-state index in [2.05, 4.69) is 35.2 Å². The highest BCUT2D eigenvalue weighted by Crippen LogP contribution is 2.47. The zero-order valence-corrected chi connectivity index (χ0v) is 11.0. The Balaban J connectivity index is 1.71. The molecular formula is C16H23NO. The van der Waals surface area contributed by atoms with Gasteiger partial charge in [-0.25, -0.2) is 0 Å². The van der Waals surface area contributed by atoms with Gasteiger partial charge in [-0.05, 0) is 30.2 Å². The van der Waals surface area contributed by atoms with Gasteiger partial charge < -0.3 is 5.11 Å². The van der Waals surface area contributed by atoms with E-state index in [0.29, 0.717) is 18.1 Å².